The second-order valence-corrected chi connectivity index (χ2v) is 9.83. The average molecular weight is 602 g/mol. The molecule has 2 unspecified atom stereocenters. The van der Waals surface area contributed by atoms with Crippen LogP contribution in [0.1, 0.15) is 33.3 Å². The molecule has 0 spiro atoms. The van der Waals surface area contributed by atoms with Crippen molar-refractivity contribution in [2.45, 2.75) is 24.6 Å². The van der Waals surface area contributed by atoms with Crippen molar-refractivity contribution in [3.8, 4) is 17.2 Å². The molecule has 2 heterocycles. The Hall–Kier alpha value is -4.90. The quantitative estimate of drug-likeness (QED) is 0.328. The van der Waals surface area contributed by atoms with Crippen molar-refractivity contribution < 1.29 is 45.5 Å². The topological polar surface area (TPSA) is 103 Å². The van der Waals surface area contributed by atoms with Crippen LogP contribution in [0.15, 0.2) is 66.7 Å². The molecule has 0 bridgehead atoms. The van der Waals surface area contributed by atoms with Crippen molar-refractivity contribution in [3.05, 3.63) is 89.0 Å². The zero-order valence-electron chi connectivity index (χ0n) is 21.9. The van der Waals surface area contributed by atoms with Crippen LogP contribution in [0.4, 0.5) is 32.0 Å². The van der Waals surface area contributed by atoms with Crippen LogP contribution in [0.3, 0.4) is 0 Å². The number of carbonyl (C=O) groups excluding carboxylic acids is 3. The highest BCUT2D eigenvalue weighted by molar-refractivity contribution is 6.10. The Morgan fingerprint density at radius 1 is 0.953 bits per heavy atom. The van der Waals surface area contributed by atoms with Gasteiger partial charge in [0.2, 0.25) is 5.91 Å². The molecule has 3 aromatic carbocycles. The Bertz CT molecular complexity index is 1650. The minimum atomic E-state index is -5.32. The maximum absolute atomic E-state index is 13.6. The molecule has 0 radical (unpaired) electrons. The lowest BCUT2D eigenvalue weighted by Crippen LogP contribution is -2.59. The molecule has 3 aromatic rings. The summed E-state index contributed by atoms with van der Waals surface area (Å²) in [6.07, 6.45) is -11.5. The molecular formula is C29H20F6N4O4. The lowest BCUT2D eigenvalue weighted by Gasteiger charge is -2.42. The van der Waals surface area contributed by atoms with Gasteiger partial charge in [0.1, 0.15) is 6.04 Å². The Kier molecular flexibility index (Phi) is 7.61. The summed E-state index contributed by atoms with van der Waals surface area (Å²) < 4.78 is 84.0. The zero-order valence-corrected chi connectivity index (χ0v) is 21.9. The molecule has 2 amide bonds. The molecule has 5 rings (SSSR count). The smallest absolute Gasteiger partial charge is 0.435 e. The minimum Gasteiger partial charge on any atom is -0.435 e. The van der Waals surface area contributed by atoms with Gasteiger partial charge in [-0.1, -0.05) is 30.3 Å². The molecule has 1 fully saturated rings. The summed E-state index contributed by atoms with van der Waals surface area (Å²) in [6.45, 7) is -0.619. The molecule has 1 saturated heterocycles. The number of anilines is 1. The van der Waals surface area contributed by atoms with Gasteiger partial charge in [0.25, 0.3) is 5.91 Å². The zero-order chi connectivity index (χ0) is 31.1. The number of amides is 2. The van der Waals surface area contributed by atoms with Crippen LogP contribution in [0, 0.1) is 11.3 Å². The number of rotatable bonds is 4. The van der Waals surface area contributed by atoms with Crippen molar-refractivity contribution in [2.24, 2.45) is 0 Å². The Labute approximate surface area is 240 Å². The Balaban J connectivity index is 1.45. The number of halogens is 6. The predicted molar refractivity (Wildman–Crippen MR) is 138 cm³/mol. The van der Waals surface area contributed by atoms with Crippen LogP contribution in [0.25, 0.3) is 11.1 Å². The number of nitriles is 1. The number of esters is 1. The van der Waals surface area contributed by atoms with Gasteiger partial charge in [-0.15, -0.1) is 0 Å². The molecule has 2 atom stereocenters. The summed E-state index contributed by atoms with van der Waals surface area (Å²) in [7, 11) is 0. The molecule has 0 aromatic heterocycles. The fraction of sp³-hybridized carbons (Fsp3) is 0.241. The number of hydrogen-bond donors (Lipinski definition) is 1. The van der Waals surface area contributed by atoms with Gasteiger partial charge in [-0.05, 0) is 47.5 Å². The highest BCUT2D eigenvalue weighted by Crippen LogP contribution is 2.36. The van der Waals surface area contributed by atoms with E-state index in [9.17, 15) is 46.0 Å². The lowest BCUT2D eigenvalue weighted by molar-refractivity contribution is -0.215. The lowest BCUT2D eigenvalue weighted by atomic mass is 9.99. The summed E-state index contributed by atoms with van der Waals surface area (Å²) in [4.78, 5) is 41.2. The molecule has 2 aliphatic heterocycles. The van der Waals surface area contributed by atoms with Gasteiger partial charge in [-0.2, -0.15) is 31.6 Å². The third kappa shape index (κ3) is 6.02. The standard InChI is InChI=1S/C29H20F6N4O4/c30-28(31,32)20-6-2-4-17(12-20)18-7-8-22-21(13-18)25(41)39-10-9-38(15-23(39)24(40)37-22)26(43-27(42)29(33,34)35)19-5-1-3-16(11-19)14-36/h1-8,11-13,23,26H,9-10,15H2,(H,37,40). The fourth-order valence-electron chi connectivity index (χ4n) is 5.02. The van der Waals surface area contributed by atoms with E-state index in [1.165, 1.54) is 64.4 Å². The summed E-state index contributed by atoms with van der Waals surface area (Å²) in [5.41, 5.74) is -0.123. The van der Waals surface area contributed by atoms with Gasteiger partial charge >= 0.3 is 18.3 Å². The van der Waals surface area contributed by atoms with E-state index in [0.29, 0.717) is 5.56 Å². The fourth-order valence-corrected chi connectivity index (χ4v) is 5.02. The van der Waals surface area contributed by atoms with Crippen LogP contribution in [-0.2, 0) is 20.5 Å². The van der Waals surface area contributed by atoms with Crippen molar-refractivity contribution >= 4 is 23.5 Å². The molecule has 222 valence electrons. The highest BCUT2D eigenvalue weighted by atomic mass is 19.4. The van der Waals surface area contributed by atoms with Gasteiger partial charge in [0, 0.05) is 25.2 Å². The second kappa shape index (κ2) is 11.1. The third-order valence-corrected chi connectivity index (χ3v) is 7.09. The van der Waals surface area contributed by atoms with Crippen LogP contribution in [-0.4, -0.2) is 59.4 Å². The number of nitrogens with zero attached hydrogens (tertiary/aromatic N) is 3. The molecule has 14 heteroatoms. The van der Waals surface area contributed by atoms with E-state index in [1.54, 1.807) is 0 Å². The molecular weight excluding hydrogens is 582 g/mol. The number of piperazine rings is 1. The number of alkyl halides is 6. The predicted octanol–water partition coefficient (Wildman–Crippen LogP) is 5.13. The summed E-state index contributed by atoms with van der Waals surface area (Å²) >= 11 is 0. The second-order valence-electron chi connectivity index (χ2n) is 9.83. The van der Waals surface area contributed by atoms with E-state index in [4.69, 9.17) is 4.74 Å². The first-order valence-electron chi connectivity index (χ1n) is 12.7. The molecule has 0 saturated carbocycles. The summed E-state index contributed by atoms with van der Waals surface area (Å²) in [5, 5.41) is 11.9. The van der Waals surface area contributed by atoms with E-state index in [0.717, 1.165) is 12.1 Å². The number of ether oxygens (including phenoxy) is 1. The first-order chi connectivity index (χ1) is 20.3. The van der Waals surface area contributed by atoms with Crippen LogP contribution < -0.4 is 5.32 Å². The summed E-state index contributed by atoms with van der Waals surface area (Å²) in [5.74, 6) is -3.77. The number of benzene rings is 3. The number of nitrogens with one attached hydrogen (secondary N) is 1. The van der Waals surface area contributed by atoms with Gasteiger partial charge in [-0.3, -0.25) is 14.5 Å². The molecule has 0 aliphatic carbocycles. The van der Waals surface area contributed by atoms with Crippen LogP contribution in [0.5, 0.6) is 0 Å². The number of fused-ring (bicyclic) bond motifs is 2. The first kappa shape index (κ1) is 29.6. The minimum absolute atomic E-state index is 0.0148. The number of hydrogen-bond acceptors (Lipinski definition) is 6. The monoisotopic (exact) mass is 602 g/mol. The largest absolute Gasteiger partial charge is 0.490 e. The van der Waals surface area contributed by atoms with Crippen molar-refractivity contribution in [1.82, 2.24) is 9.80 Å². The van der Waals surface area contributed by atoms with Crippen LogP contribution in [0.2, 0.25) is 0 Å². The van der Waals surface area contributed by atoms with E-state index in [-0.39, 0.29) is 47.6 Å². The maximum atomic E-state index is 13.6. The number of carbonyl (C=O) groups is 3. The Morgan fingerprint density at radius 2 is 1.67 bits per heavy atom. The van der Waals surface area contributed by atoms with E-state index < -0.39 is 48.0 Å². The molecule has 1 N–H and O–H groups in total. The van der Waals surface area contributed by atoms with E-state index in [1.807, 2.05) is 6.07 Å². The SMILES string of the molecule is N#Cc1cccc(C(OC(=O)C(F)(F)F)N2CCN3C(=O)c4cc(-c5cccc(C(F)(F)F)c5)ccc4NC(=O)C3C2)c1. The maximum Gasteiger partial charge on any atom is 0.490 e. The van der Waals surface area contributed by atoms with Gasteiger partial charge in [0.05, 0.1) is 28.4 Å². The molecule has 2 aliphatic rings. The highest BCUT2D eigenvalue weighted by Gasteiger charge is 2.46. The van der Waals surface area contributed by atoms with E-state index >= 15 is 0 Å². The van der Waals surface area contributed by atoms with Crippen LogP contribution >= 0.6 is 0 Å². The van der Waals surface area contributed by atoms with Crippen molar-refractivity contribution in [2.75, 3.05) is 25.0 Å². The third-order valence-electron chi connectivity index (χ3n) is 7.09. The Morgan fingerprint density at radius 3 is 2.37 bits per heavy atom. The van der Waals surface area contributed by atoms with Crippen molar-refractivity contribution in [3.63, 3.8) is 0 Å². The normalized spacial score (nSPS) is 18.1. The first-order valence-corrected chi connectivity index (χ1v) is 12.7. The molecule has 8 nitrogen and oxygen atoms in total. The summed E-state index contributed by atoms with van der Waals surface area (Å²) in [6, 6.07) is 14.8. The van der Waals surface area contributed by atoms with Gasteiger partial charge in [-0.25, -0.2) is 4.79 Å². The van der Waals surface area contributed by atoms with Gasteiger partial charge in [0.15, 0.2) is 6.23 Å². The van der Waals surface area contributed by atoms with E-state index in [2.05, 4.69) is 5.32 Å². The van der Waals surface area contributed by atoms with Gasteiger partial charge < -0.3 is 15.0 Å². The average Bonchev–Trinajstić information content (AvgIpc) is 3.08. The van der Waals surface area contributed by atoms with Crippen molar-refractivity contribution in [1.29, 1.82) is 5.26 Å². The molecule has 43 heavy (non-hydrogen) atoms.